The number of likely N-dealkylation sites (N-methyl/N-ethyl adjacent to an activating group) is 1. The number of hydrogen-bond acceptors (Lipinski definition) is 6. The Balaban J connectivity index is 0.00000225. The predicted molar refractivity (Wildman–Crippen MR) is 111 cm³/mol. The van der Waals surface area contributed by atoms with E-state index in [0.717, 1.165) is 30.8 Å². The van der Waals surface area contributed by atoms with Gasteiger partial charge in [-0.25, -0.2) is 0 Å². The van der Waals surface area contributed by atoms with Gasteiger partial charge in [0.2, 0.25) is 0 Å². The molecule has 3 aromatic rings. The van der Waals surface area contributed by atoms with Crippen molar-refractivity contribution in [3.63, 3.8) is 0 Å². The standard InChI is InChI=1S/C20H21ClN4O2.ClH/c1-25-11-10-22-12-17(25)19-23-20(27-24-19)15-7-3-5-9-18(15)26-13-14-6-2-4-8-16(14)21;/h2-9,17,22H,10-13H2,1H3;1H. The molecule has 0 saturated carbocycles. The van der Waals surface area contributed by atoms with Gasteiger partial charge in [-0.1, -0.05) is 47.1 Å². The van der Waals surface area contributed by atoms with Gasteiger partial charge < -0.3 is 14.6 Å². The van der Waals surface area contributed by atoms with Crippen molar-refractivity contribution in [2.45, 2.75) is 12.6 Å². The highest BCUT2D eigenvalue weighted by Gasteiger charge is 2.26. The second-order valence-corrected chi connectivity index (χ2v) is 6.94. The average Bonchev–Trinajstić information content (AvgIpc) is 3.18. The number of nitrogens with one attached hydrogen (secondary N) is 1. The van der Waals surface area contributed by atoms with E-state index < -0.39 is 0 Å². The van der Waals surface area contributed by atoms with E-state index in [1.54, 1.807) is 0 Å². The highest BCUT2D eigenvalue weighted by atomic mass is 35.5. The first kappa shape index (κ1) is 20.6. The number of aromatic nitrogens is 2. The number of halogens is 2. The third-order valence-electron chi connectivity index (χ3n) is 4.71. The molecule has 1 aromatic heterocycles. The maximum absolute atomic E-state index is 6.22. The molecule has 1 fully saturated rings. The van der Waals surface area contributed by atoms with Crippen LogP contribution in [0.5, 0.6) is 5.75 Å². The minimum Gasteiger partial charge on any atom is -0.488 e. The van der Waals surface area contributed by atoms with Crippen molar-refractivity contribution >= 4 is 24.0 Å². The first-order valence-electron chi connectivity index (χ1n) is 8.92. The van der Waals surface area contributed by atoms with E-state index in [9.17, 15) is 0 Å². The summed E-state index contributed by atoms with van der Waals surface area (Å²) < 4.78 is 11.5. The number of para-hydroxylation sites is 1. The third-order valence-corrected chi connectivity index (χ3v) is 5.08. The molecule has 2 heterocycles. The van der Waals surface area contributed by atoms with Gasteiger partial charge in [-0.2, -0.15) is 4.98 Å². The summed E-state index contributed by atoms with van der Waals surface area (Å²) in [6.45, 7) is 3.09. The Morgan fingerprint density at radius 2 is 2.00 bits per heavy atom. The number of benzene rings is 2. The van der Waals surface area contributed by atoms with Crippen molar-refractivity contribution in [2.75, 3.05) is 26.7 Å². The molecule has 4 rings (SSSR count). The van der Waals surface area contributed by atoms with Crippen LogP contribution in [0.1, 0.15) is 17.4 Å². The maximum Gasteiger partial charge on any atom is 0.261 e. The molecule has 28 heavy (non-hydrogen) atoms. The first-order chi connectivity index (χ1) is 13.2. The van der Waals surface area contributed by atoms with Crippen molar-refractivity contribution in [2.24, 2.45) is 0 Å². The Hall–Kier alpha value is -2.12. The fraction of sp³-hybridized carbons (Fsp3) is 0.300. The van der Waals surface area contributed by atoms with E-state index in [2.05, 4.69) is 27.4 Å². The van der Waals surface area contributed by atoms with E-state index >= 15 is 0 Å². The molecule has 0 radical (unpaired) electrons. The minimum atomic E-state index is 0. The van der Waals surface area contributed by atoms with Gasteiger partial charge >= 0.3 is 0 Å². The van der Waals surface area contributed by atoms with Crippen LogP contribution in [-0.4, -0.2) is 41.7 Å². The highest BCUT2D eigenvalue weighted by molar-refractivity contribution is 6.31. The highest BCUT2D eigenvalue weighted by Crippen LogP contribution is 2.31. The molecule has 0 spiro atoms. The normalized spacial score (nSPS) is 17.1. The van der Waals surface area contributed by atoms with Gasteiger partial charge in [0.25, 0.3) is 5.89 Å². The van der Waals surface area contributed by atoms with Gasteiger partial charge in [-0.05, 0) is 25.2 Å². The average molecular weight is 421 g/mol. The van der Waals surface area contributed by atoms with Gasteiger partial charge in [0.1, 0.15) is 12.4 Å². The summed E-state index contributed by atoms with van der Waals surface area (Å²) in [4.78, 5) is 6.85. The summed E-state index contributed by atoms with van der Waals surface area (Å²) in [5.74, 6) is 1.82. The lowest BCUT2D eigenvalue weighted by Gasteiger charge is -2.30. The Morgan fingerprint density at radius 3 is 2.82 bits per heavy atom. The minimum absolute atomic E-state index is 0. The molecule has 8 heteroatoms. The topological polar surface area (TPSA) is 63.4 Å². The van der Waals surface area contributed by atoms with Gasteiger partial charge in [0.05, 0.1) is 11.6 Å². The first-order valence-corrected chi connectivity index (χ1v) is 9.30. The summed E-state index contributed by atoms with van der Waals surface area (Å²) in [6, 6.07) is 15.4. The predicted octanol–water partition coefficient (Wildman–Crippen LogP) is 3.97. The second-order valence-electron chi connectivity index (χ2n) is 6.53. The summed E-state index contributed by atoms with van der Waals surface area (Å²) >= 11 is 6.22. The number of hydrogen-bond donors (Lipinski definition) is 1. The molecule has 1 saturated heterocycles. The molecule has 148 valence electrons. The molecule has 6 nitrogen and oxygen atoms in total. The van der Waals surface area contributed by atoms with Crippen LogP contribution in [0.3, 0.4) is 0 Å². The lowest BCUT2D eigenvalue weighted by molar-refractivity contribution is 0.190. The molecule has 0 aliphatic carbocycles. The molecule has 1 aliphatic heterocycles. The van der Waals surface area contributed by atoms with Crippen LogP contribution in [0.4, 0.5) is 0 Å². The van der Waals surface area contributed by atoms with E-state index in [-0.39, 0.29) is 18.4 Å². The van der Waals surface area contributed by atoms with Crippen molar-refractivity contribution in [1.29, 1.82) is 0 Å². The molecular weight excluding hydrogens is 399 g/mol. The summed E-state index contributed by atoms with van der Waals surface area (Å²) in [5.41, 5.74) is 1.70. The number of piperazine rings is 1. The van der Waals surface area contributed by atoms with Gasteiger partial charge in [-0.15, -0.1) is 12.4 Å². The third kappa shape index (κ3) is 4.47. The quantitative estimate of drug-likeness (QED) is 0.673. The zero-order chi connectivity index (χ0) is 18.6. The maximum atomic E-state index is 6.22. The van der Waals surface area contributed by atoms with Gasteiger partial charge in [0, 0.05) is 30.2 Å². The van der Waals surface area contributed by atoms with Gasteiger partial charge in [-0.3, -0.25) is 4.90 Å². The van der Waals surface area contributed by atoms with Crippen LogP contribution in [0.25, 0.3) is 11.5 Å². The Morgan fingerprint density at radius 1 is 1.21 bits per heavy atom. The molecule has 1 unspecified atom stereocenters. The molecule has 1 aliphatic rings. The molecular formula is C20H22Cl2N4O2. The monoisotopic (exact) mass is 420 g/mol. The lowest BCUT2D eigenvalue weighted by Crippen LogP contribution is -2.44. The molecule has 2 aromatic carbocycles. The molecule has 0 amide bonds. The van der Waals surface area contributed by atoms with E-state index in [1.165, 1.54) is 0 Å². The van der Waals surface area contributed by atoms with Gasteiger partial charge in [0.15, 0.2) is 5.82 Å². The van der Waals surface area contributed by atoms with E-state index in [1.807, 2.05) is 48.5 Å². The van der Waals surface area contributed by atoms with Crippen molar-refractivity contribution in [1.82, 2.24) is 20.4 Å². The van der Waals surface area contributed by atoms with E-state index in [4.69, 9.17) is 20.9 Å². The number of ether oxygens (including phenoxy) is 1. The summed E-state index contributed by atoms with van der Waals surface area (Å²) in [5, 5.41) is 8.25. The largest absolute Gasteiger partial charge is 0.488 e. The smallest absolute Gasteiger partial charge is 0.261 e. The van der Waals surface area contributed by atoms with Crippen LogP contribution < -0.4 is 10.1 Å². The SMILES string of the molecule is CN1CCNCC1c1noc(-c2ccccc2OCc2ccccc2Cl)n1.Cl. The zero-order valence-electron chi connectivity index (χ0n) is 15.5. The van der Waals surface area contributed by atoms with Crippen molar-refractivity contribution < 1.29 is 9.26 Å². The van der Waals surface area contributed by atoms with Crippen LogP contribution >= 0.6 is 24.0 Å². The second kappa shape index (κ2) is 9.39. The Kier molecular flexibility index (Phi) is 6.91. The Labute approximate surface area is 175 Å². The van der Waals surface area contributed by atoms with Crippen LogP contribution in [0.15, 0.2) is 53.1 Å². The summed E-state index contributed by atoms with van der Waals surface area (Å²) in [7, 11) is 2.07. The van der Waals surface area contributed by atoms with E-state index in [0.29, 0.717) is 29.1 Å². The Bertz CT molecular complexity index is 918. The summed E-state index contributed by atoms with van der Waals surface area (Å²) in [6.07, 6.45) is 0. The van der Waals surface area contributed by atoms with Crippen LogP contribution in [0.2, 0.25) is 5.02 Å². The lowest BCUT2D eigenvalue weighted by atomic mass is 10.2. The number of rotatable bonds is 5. The molecule has 1 atom stereocenters. The zero-order valence-corrected chi connectivity index (χ0v) is 17.0. The fourth-order valence-electron chi connectivity index (χ4n) is 3.11. The molecule has 1 N–H and O–H groups in total. The van der Waals surface area contributed by atoms with Crippen molar-refractivity contribution in [3.05, 3.63) is 64.9 Å². The van der Waals surface area contributed by atoms with Crippen LogP contribution in [-0.2, 0) is 6.61 Å². The molecule has 0 bridgehead atoms. The van der Waals surface area contributed by atoms with Crippen molar-refractivity contribution in [3.8, 4) is 17.2 Å². The van der Waals surface area contributed by atoms with Crippen LogP contribution in [0, 0.1) is 0 Å². The number of nitrogens with zero attached hydrogens (tertiary/aromatic N) is 3. The fourth-order valence-corrected chi connectivity index (χ4v) is 3.30.